The molecule has 0 aliphatic carbocycles. The first-order valence-corrected chi connectivity index (χ1v) is 9.41. The van der Waals surface area contributed by atoms with Crippen LogP contribution in [0.25, 0.3) is 10.9 Å². The fourth-order valence-corrected chi connectivity index (χ4v) is 3.26. The van der Waals surface area contributed by atoms with E-state index in [1.165, 1.54) is 0 Å². The Hall–Kier alpha value is -3.41. The molecule has 0 bridgehead atoms. The Bertz CT molecular complexity index is 973. The SMILES string of the molecule is O=C(Nc1ccccc1)N1CCC(=NOCc2cccc3cccnc23)CC1. The molecule has 2 aromatic carbocycles. The molecular formula is C22H22N4O2. The minimum Gasteiger partial charge on any atom is -0.391 e. The maximum absolute atomic E-state index is 12.3. The summed E-state index contributed by atoms with van der Waals surface area (Å²) < 4.78 is 0. The average Bonchev–Trinajstić information content (AvgIpc) is 2.75. The van der Waals surface area contributed by atoms with Gasteiger partial charge < -0.3 is 15.1 Å². The summed E-state index contributed by atoms with van der Waals surface area (Å²) in [6.45, 7) is 1.66. The molecule has 1 saturated heterocycles. The number of hydrogen-bond acceptors (Lipinski definition) is 4. The summed E-state index contributed by atoms with van der Waals surface area (Å²) in [6.07, 6.45) is 3.22. The van der Waals surface area contributed by atoms with Crippen LogP contribution < -0.4 is 5.32 Å². The maximum atomic E-state index is 12.3. The zero-order valence-electron chi connectivity index (χ0n) is 15.5. The number of fused-ring (bicyclic) bond motifs is 1. The zero-order chi connectivity index (χ0) is 19.2. The van der Waals surface area contributed by atoms with Gasteiger partial charge in [-0.3, -0.25) is 4.98 Å². The molecule has 0 saturated carbocycles. The van der Waals surface area contributed by atoms with Gasteiger partial charge in [0.2, 0.25) is 0 Å². The van der Waals surface area contributed by atoms with E-state index in [-0.39, 0.29) is 6.03 Å². The summed E-state index contributed by atoms with van der Waals surface area (Å²) in [7, 11) is 0. The number of likely N-dealkylation sites (tertiary alicyclic amines) is 1. The Kier molecular flexibility index (Phi) is 5.47. The number of rotatable bonds is 4. The Morgan fingerprint density at radius 2 is 1.82 bits per heavy atom. The smallest absolute Gasteiger partial charge is 0.321 e. The molecule has 28 heavy (non-hydrogen) atoms. The number of carbonyl (C=O) groups excluding carboxylic acids is 1. The van der Waals surface area contributed by atoms with Crippen LogP contribution >= 0.6 is 0 Å². The van der Waals surface area contributed by atoms with Crippen LogP contribution in [-0.4, -0.2) is 34.7 Å². The van der Waals surface area contributed by atoms with Crippen LogP contribution in [0.5, 0.6) is 0 Å². The molecule has 0 radical (unpaired) electrons. The lowest BCUT2D eigenvalue weighted by Crippen LogP contribution is -2.41. The van der Waals surface area contributed by atoms with Crippen molar-refractivity contribution in [3.05, 3.63) is 72.4 Å². The van der Waals surface area contributed by atoms with Crippen LogP contribution in [0, 0.1) is 0 Å². The highest BCUT2D eigenvalue weighted by Gasteiger charge is 2.20. The summed E-state index contributed by atoms with van der Waals surface area (Å²) in [5, 5.41) is 8.30. The van der Waals surface area contributed by atoms with Crippen molar-refractivity contribution < 1.29 is 9.63 Å². The number of carbonyl (C=O) groups is 1. The normalized spacial score (nSPS) is 14.0. The molecule has 2 heterocycles. The van der Waals surface area contributed by atoms with Gasteiger partial charge in [0.25, 0.3) is 0 Å². The highest BCUT2D eigenvalue weighted by molar-refractivity contribution is 5.92. The number of aromatic nitrogens is 1. The van der Waals surface area contributed by atoms with E-state index in [0.717, 1.165) is 40.7 Å². The number of benzene rings is 2. The van der Waals surface area contributed by atoms with Crippen molar-refractivity contribution in [1.29, 1.82) is 0 Å². The highest BCUT2D eigenvalue weighted by atomic mass is 16.6. The lowest BCUT2D eigenvalue weighted by atomic mass is 10.1. The molecule has 0 spiro atoms. The first-order chi connectivity index (χ1) is 13.8. The van der Waals surface area contributed by atoms with E-state index in [1.807, 2.05) is 60.7 Å². The summed E-state index contributed by atoms with van der Waals surface area (Å²) >= 11 is 0. The number of pyridine rings is 1. The minimum absolute atomic E-state index is 0.0759. The first-order valence-electron chi connectivity index (χ1n) is 9.41. The molecule has 1 fully saturated rings. The predicted molar refractivity (Wildman–Crippen MR) is 110 cm³/mol. The second-order valence-corrected chi connectivity index (χ2v) is 6.71. The van der Waals surface area contributed by atoms with Crippen molar-refractivity contribution in [2.45, 2.75) is 19.4 Å². The topological polar surface area (TPSA) is 66.8 Å². The van der Waals surface area contributed by atoms with Gasteiger partial charge in [0, 0.05) is 48.8 Å². The van der Waals surface area contributed by atoms with E-state index in [0.29, 0.717) is 19.7 Å². The monoisotopic (exact) mass is 374 g/mol. The summed E-state index contributed by atoms with van der Waals surface area (Å²) in [6, 6.07) is 19.4. The van der Waals surface area contributed by atoms with Gasteiger partial charge in [-0.25, -0.2) is 4.79 Å². The maximum Gasteiger partial charge on any atom is 0.321 e. The van der Waals surface area contributed by atoms with Gasteiger partial charge in [0.05, 0.1) is 11.2 Å². The summed E-state index contributed by atoms with van der Waals surface area (Å²) in [5.74, 6) is 0. The number of hydrogen-bond donors (Lipinski definition) is 1. The van der Waals surface area contributed by atoms with Gasteiger partial charge in [-0.15, -0.1) is 0 Å². The van der Waals surface area contributed by atoms with Crippen molar-refractivity contribution in [3.8, 4) is 0 Å². The number of para-hydroxylation sites is 2. The largest absolute Gasteiger partial charge is 0.391 e. The van der Waals surface area contributed by atoms with E-state index in [9.17, 15) is 4.79 Å². The van der Waals surface area contributed by atoms with Crippen LogP contribution in [0.2, 0.25) is 0 Å². The van der Waals surface area contributed by atoms with Crippen molar-refractivity contribution in [1.82, 2.24) is 9.88 Å². The first kappa shape index (κ1) is 18.0. The molecule has 0 atom stereocenters. The zero-order valence-corrected chi connectivity index (χ0v) is 15.5. The van der Waals surface area contributed by atoms with E-state index < -0.39 is 0 Å². The van der Waals surface area contributed by atoms with Gasteiger partial charge in [0.15, 0.2) is 0 Å². The van der Waals surface area contributed by atoms with Crippen LogP contribution in [0.3, 0.4) is 0 Å². The number of urea groups is 1. The number of nitrogens with one attached hydrogen (secondary N) is 1. The van der Waals surface area contributed by atoms with Gasteiger partial charge in [-0.05, 0) is 18.2 Å². The molecule has 1 aliphatic rings. The molecule has 6 heteroatoms. The van der Waals surface area contributed by atoms with Gasteiger partial charge >= 0.3 is 6.03 Å². The molecule has 6 nitrogen and oxygen atoms in total. The second-order valence-electron chi connectivity index (χ2n) is 6.71. The molecule has 1 N–H and O–H groups in total. The number of nitrogens with zero attached hydrogens (tertiary/aromatic N) is 3. The quantitative estimate of drug-likeness (QED) is 0.687. The predicted octanol–water partition coefficient (Wildman–Crippen LogP) is 4.44. The van der Waals surface area contributed by atoms with E-state index >= 15 is 0 Å². The van der Waals surface area contributed by atoms with Crippen molar-refractivity contribution in [2.75, 3.05) is 18.4 Å². The third-order valence-electron chi connectivity index (χ3n) is 4.78. The van der Waals surface area contributed by atoms with Gasteiger partial charge in [-0.1, -0.05) is 47.6 Å². The third kappa shape index (κ3) is 4.28. The van der Waals surface area contributed by atoms with Crippen molar-refractivity contribution in [2.24, 2.45) is 5.16 Å². The number of anilines is 1. The van der Waals surface area contributed by atoms with Crippen LogP contribution in [0.15, 0.2) is 72.0 Å². The standard InChI is InChI=1S/C22H22N4O2/c27-22(24-19-9-2-1-3-10-19)26-14-11-20(12-15-26)25-28-16-18-7-4-6-17-8-5-13-23-21(17)18/h1-10,13H,11-12,14-16H2,(H,24,27). The number of amides is 2. The van der Waals surface area contributed by atoms with Crippen LogP contribution in [0.4, 0.5) is 10.5 Å². The summed E-state index contributed by atoms with van der Waals surface area (Å²) in [4.78, 5) is 24.2. The van der Waals surface area contributed by atoms with E-state index in [1.54, 1.807) is 11.1 Å². The molecule has 0 unspecified atom stereocenters. The van der Waals surface area contributed by atoms with E-state index in [2.05, 4.69) is 15.5 Å². The van der Waals surface area contributed by atoms with Gasteiger partial charge in [-0.2, -0.15) is 0 Å². The van der Waals surface area contributed by atoms with Crippen molar-refractivity contribution >= 4 is 28.3 Å². The molecule has 1 aliphatic heterocycles. The lowest BCUT2D eigenvalue weighted by Gasteiger charge is -2.27. The Morgan fingerprint density at radius 1 is 1.04 bits per heavy atom. The fourth-order valence-electron chi connectivity index (χ4n) is 3.26. The number of piperidine rings is 1. The Labute approximate surface area is 163 Å². The molecular weight excluding hydrogens is 352 g/mol. The average molecular weight is 374 g/mol. The van der Waals surface area contributed by atoms with Crippen LogP contribution in [-0.2, 0) is 11.4 Å². The fraction of sp³-hybridized carbons (Fsp3) is 0.227. The van der Waals surface area contributed by atoms with Crippen molar-refractivity contribution in [3.63, 3.8) is 0 Å². The lowest BCUT2D eigenvalue weighted by molar-refractivity contribution is 0.128. The Balaban J connectivity index is 1.29. The molecule has 142 valence electrons. The third-order valence-corrected chi connectivity index (χ3v) is 4.78. The van der Waals surface area contributed by atoms with Gasteiger partial charge in [0.1, 0.15) is 6.61 Å². The Morgan fingerprint density at radius 3 is 2.64 bits per heavy atom. The highest BCUT2D eigenvalue weighted by Crippen LogP contribution is 2.17. The van der Waals surface area contributed by atoms with Crippen LogP contribution in [0.1, 0.15) is 18.4 Å². The number of oxime groups is 1. The molecule has 4 rings (SSSR count). The molecule has 1 aromatic heterocycles. The summed E-state index contributed by atoms with van der Waals surface area (Å²) in [5.41, 5.74) is 3.75. The molecule has 2 amide bonds. The molecule has 3 aromatic rings. The minimum atomic E-state index is -0.0759. The van der Waals surface area contributed by atoms with E-state index in [4.69, 9.17) is 4.84 Å². The second kappa shape index (κ2) is 8.52.